The molecule has 2 aromatic heterocycles. The Labute approximate surface area is 134 Å². The van der Waals surface area contributed by atoms with Gasteiger partial charge in [-0.25, -0.2) is 4.79 Å². The highest BCUT2D eigenvalue weighted by atomic mass is 16.5. The van der Waals surface area contributed by atoms with Crippen LogP contribution < -0.4 is 4.74 Å². The largest absolute Gasteiger partial charge is 0.488 e. The number of fused-ring (bicyclic) bond motifs is 3. The van der Waals surface area contributed by atoms with Gasteiger partial charge < -0.3 is 13.9 Å². The van der Waals surface area contributed by atoms with Gasteiger partial charge >= 0.3 is 5.97 Å². The van der Waals surface area contributed by atoms with Crippen molar-refractivity contribution >= 4 is 22.4 Å². The fraction of sp³-hybridized carbons (Fsp3) is 0.211. The van der Waals surface area contributed by atoms with Gasteiger partial charge in [-0.1, -0.05) is 24.8 Å². The minimum atomic E-state index is -0.304. The first-order valence-corrected chi connectivity index (χ1v) is 7.59. The topological polar surface area (TPSA) is 39.9 Å². The average molecular weight is 309 g/mol. The highest BCUT2D eigenvalue weighted by Gasteiger charge is 2.19. The summed E-state index contributed by atoms with van der Waals surface area (Å²) in [4.78, 5) is 12.4. The molecule has 0 saturated heterocycles. The molecule has 0 aliphatic rings. The van der Waals surface area contributed by atoms with Gasteiger partial charge in [-0.2, -0.15) is 0 Å². The Hall–Kier alpha value is -2.75. The quantitative estimate of drug-likeness (QED) is 0.523. The second-order valence-corrected chi connectivity index (χ2v) is 5.48. The summed E-state index contributed by atoms with van der Waals surface area (Å²) in [6.45, 7) is 8.38. The van der Waals surface area contributed by atoms with Gasteiger partial charge in [0.1, 0.15) is 12.4 Å². The van der Waals surface area contributed by atoms with Crippen LogP contribution in [0.15, 0.2) is 54.7 Å². The molecule has 0 N–H and O–H groups in total. The third kappa shape index (κ3) is 2.80. The number of hydrogen-bond donors (Lipinski definition) is 0. The number of para-hydroxylation sites is 1. The van der Waals surface area contributed by atoms with E-state index in [0.29, 0.717) is 18.8 Å². The zero-order valence-electron chi connectivity index (χ0n) is 13.3. The fourth-order valence-corrected chi connectivity index (χ4v) is 2.63. The molecule has 3 aromatic rings. The Morgan fingerprint density at radius 2 is 1.96 bits per heavy atom. The van der Waals surface area contributed by atoms with Crippen molar-refractivity contribution in [1.29, 1.82) is 0 Å². The molecule has 4 heteroatoms. The Kier molecular flexibility index (Phi) is 4.06. The maximum Gasteiger partial charge on any atom is 0.340 e. The van der Waals surface area contributed by atoms with Crippen LogP contribution in [0.5, 0.6) is 5.75 Å². The first kappa shape index (κ1) is 15.2. The lowest BCUT2D eigenvalue weighted by atomic mass is 10.1. The van der Waals surface area contributed by atoms with Gasteiger partial charge in [-0.15, -0.1) is 0 Å². The summed E-state index contributed by atoms with van der Waals surface area (Å²) in [6, 6.07) is 11.5. The predicted molar refractivity (Wildman–Crippen MR) is 91.2 cm³/mol. The molecule has 118 valence electrons. The third-order valence-electron chi connectivity index (χ3n) is 3.58. The molecule has 3 rings (SSSR count). The van der Waals surface area contributed by atoms with Crippen LogP contribution in [0.1, 0.15) is 24.2 Å². The molecule has 0 saturated carbocycles. The van der Waals surface area contributed by atoms with Crippen LogP contribution in [0.4, 0.5) is 0 Å². The molecule has 4 nitrogen and oxygen atoms in total. The van der Waals surface area contributed by atoms with E-state index >= 15 is 0 Å². The second-order valence-electron chi connectivity index (χ2n) is 5.48. The van der Waals surface area contributed by atoms with E-state index in [-0.39, 0.29) is 5.97 Å². The molecule has 0 bridgehead atoms. The number of benzene rings is 1. The normalized spacial score (nSPS) is 10.9. The molecular weight excluding hydrogens is 290 g/mol. The van der Waals surface area contributed by atoms with Crippen LogP contribution in [-0.4, -0.2) is 23.6 Å². The van der Waals surface area contributed by atoms with Crippen molar-refractivity contribution in [3.63, 3.8) is 0 Å². The van der Waals surface area contributed by atoms with Gasteiger partial charge in [0, 0.05) is 5.39 Å². The summed E-state index contributed by atoms with van der Waals surface area (Å²) >= 11 is 0. The molecule has 0 spiro atoms. The van der Waals surface area contributed by atoms with Gasteiger partial charge in [0.05, 0.1) is 29.4 Å². The van der Waals surface area contributed by atoms with E-state index in [1.807, 2.05) is 60.8 Å². The lowest BCUT2D eigenvalue weighted by Crippen LogP contribution is -2.04. The van der Waals surface area contributed by atoms with Crippen LogP contribution in [0.25, 0.3) is 16.4 Å². The Morgan fingerprint density at radius 3 is 2.70 bits per heavy atom. The van der Waals surface area contributed by atoms with Gasteiger partial charge in [0.15, 0.2) is 0 Å². The zero-order chi connectivity index (χ0) is 16.4. The van der Waals surface area contributed by atoms with Crippen LogP contribution in [0.3, 0.4) is 0 Å². The third-order valence-corrected chi connectivity index (χ3v) is 3.58. The van der Waals surface area contributed by atoms with Crippen molar-refractivity contribution in [1.82, 2.24) is 4.40 Å². The van der Waals surface area contributed by atoms with Gasteiger partial charge in [-0.3, -0.25) is 0 Å². The molecule has 0 aliphatic carbocycles. The van der Waals surface area contributed by atoms with Crippen LogP contribution in [0, 0.1) is 0 Å². The fourth-order valence-electron chi connectivity index (χ4n) is 2.63. The van der Waals surface area contributed by atoms with Crippen molar-refractivity contribution in [3.05, 3.63) is 60.3 Å². The molecule has 0 amide bonds. The van der Waals surface area contributed by atoms with Crippen LogP contribution in [-0.2, 0) is 4.74 Å². The van der Waals surface area contributed by atoms with E-state index < -0.39 is 0 Å². The van der Waals surface area contributed by atoms with Crippen LogP contribution >= 0.6 is 0 Å². The van der Waals surface area contributed by atoms with E-state index in [9.17, 15) is 4.79 Å². The summed E-state index contributed by atoms with van der Waals surface area (Å²) in [5, 5.41) is 0.878. The van der Waals surface area contributed by atoms with Crippen molar-refractivity contribution in [2.75, 3.05) is 13.2 Å². The molecule has 0 radical (unpaired) electrons. The summed E-state index contributed by atoms with van der Waals surface area (Å²) in [7, 11) is 0. The standard InChI is InChI=1S/C19H19NO3/c1-4-22-19(21)18-15-7-5-6-8-16(15)20-11-14(9-10-17(18)20)23-12-13(2)3/h5-11H,2,4,12H2,1,3H3. The molecular formula is C19H19NO3. The number of ether oxygens (including phenoxy) is 2. The molecule has 1 aromatic carbocycles. The van der Waals surface area contributed by atoms with E-state index in [1.165, 1.54) is 0 Å². The summed E-state index contributed by atoms with van der Waals surface area (Å²) in [5.74, 6) is 0.429. The highest BCUT2D eigenvalue weighted by molar-refractivity contribution is 6.11. The van der Waals surface area contributed by atoms with Gasteiger partial charge in [0.2, 0.25) is 0 Å². The average Bonchev–Trinajstić information content (AvgIpc) is 2.87. The predicted octanol–water partition coefficient (Wildman–Crippen LogP) is 4.22. The molecule has 0 atom stereocenters. The van der Waals surface area contributed by atoms with E-state index in [4.69, 9.17) is 9.47 Å². The number of aromatic nitrogens is 1. The number of carbonyl (C=O) groups excluding carboxylic acids is 1. The zero-order valence-corrected chi connectivity index (χ0v) is 13.3. The van der Waals surface area contributed by atoms with E-state index in [2.05, 4.69) is 6.58 Å². The van der Waals surface area contributed by atoms with Crippen LogP contribution in [0.2, 0.25) is 0 Å². The lowest BCUT2D eigenvalue weighted by Gasteiger charge is -2.07. The summed E-state index contributed by atoms with van der Waals surface area (Å²) < 4.78 is 12.9. The first-order chi connectivity index (χ1) is 11.1. The maximum absolute atomic E-state index is 12.4. The minimum Gasteiger partial charge on any atom is -0.488 e. The van der Waals surface area contributed by atoms with Gasteiger partial charge in [-0.05, 0) is 37.6 Å². The lowest BCUT2D eigenvalue weighted by molar-refractivity contribution is 0.0531. The second kappa shape index (κ2) is 6.16. The Balaban J connectivity index is 2.18. The van der Waals surface area contributed by atoms with Gasteiger partial charge in [0.25, 0.3) is 0 Å². The summed E-state index contributed by atoms with van der Waals surface area (Å²) in [5.41, 5.74) is 3.31. The van der Waals surface area contributed by atoms with Crippen molar-refractivity contribution in [3.8, 4) is 5.75 Å². The van der Waals surface area contributed by atoms with Crippen molar-refractivity contribution < 1.29 is 14.3 Å². The molecule has 0 aliphatic heterocycles. The molecule has 0 fully saturated rings. The maximum atomic E-state index is 12.4. The van der Waals surface area contributed by atoms with Crippen molar-refractivity contribution in [2.45, 2.75) is 13.8 Å². The number of rotatable bonds is 5. The molecule has 2 heterocycles. The monoisotopic (exact) mass is 309 g/mol. The van der Waals surface area contributed by atoms with Crippen molar-refractivity contribution in [2.24, 2.45) is 0 Å². The minimum absolute atomic E-state index is 0.304. The highest BCUT2D eigenvalue weighted by Crippen LogP contribution is 2.29. The summed E-state index contributed by atoms with van der Waals surface area (Å²) in [6.07, 6.45) is 1.89. The smallest absolute Gasteiger partial charge is 0.340 e. The number of hydrogen-bond acceptors (Lipinski definition) is 3. The SMILES string of the molecule is C=C(C)COc1ccc2c(C(=O)OCC)c3ccccc3n2c1. The molecule has 23 heavy (non-hydrogen) atoms. The Bertz CT molecular complexity index is 892. The number of esters is 1. The first-order valence-electron chi connectivity index (χ1n) is 7.59. The number of pyridine rings is 1. The number of nitrogens with zero attached hydrogens (tertiary/aromatic N) is 1. The van der Waals surface area contributed by atoms with E-state index in [0.717, 1.165) is 27.7 Å². The van der Waals surface area contributed by atoms with E-state index in [1.54, 1.807) is 0 Å². The molecule has 0 unspecified atom stereocenters. The number of carbonyl (C=O) groups is 1. The Morgan fingerprint density at radius 1 is 1.17 bits per heavy atom.